The van der Waals surface area contributed by atoms with Crippen molar-refractivity contribution in [1.82, 2.24) is 0 Å². The van der Waals surface area contributed by atoms with E-state index in [1.165, 1.54) is 11.6 Å². The van der Waals surface area contributed by atoms with E-state index in [1.807, 2.05) is 138 Å². The Labute approximate surface area is 368 Å². The molecule has 0 fully saturated rings. The fraction of sp³-hybridized carbons (Fsp3) is 0.640. The van der Waals surface area contributed by atoms with Gasteiger partial charge in [0.05, 0.1) is 29.6 Å². The number of rotatable bonds is 2. The highest BCUT2D eigenvalue weighted by atomic mass is 16.5. The number of benzene rings is 2. The lowest BCUT2D eigenvalue weighted by atomic mass is 9.62. The number of hydrogen-bond donors (Lipinski definition) is 4. The van der Waals surface area contributed by atoms with Crippen LogP contribution in [0.4, 0.5) is 0 Å². The molecule has 0 heterocycles. The van der Waals surface area contributed by atoms with E-state index < -0.39 is 23.0 Å². The zero-order valence-electron chi connectivity index (χ0n) is 42.8. The number of aliphatic hydroxyl groups excluding tert-OH is 1. The molecule has 4 aliphatic rings. The average Bonchev–Trinajstić information content (AvgIpc) is 3.63. The second kappa shape index (κ2) is 39.3. The summed E-state index contributed by atoms with van der Waals surface area (Å²) in [6.07, 6.45) is 5.21. The molecule has 2 aromatic carbocycles. The molecule has 0 saturated carbocycles. The van der Waals surface area contributed by atoms with Gasteiger partial charge in [-0.05, 0) is 55.6 Å². The molecule has 10 nitrogen and oxygen atoms in total. The topological polar surface area (TPSA) is 225 Å². The minimum absolute atomic E-state index is 0. The van der Waals surface area contributed by atoms with Crippen molar-refractivity contribution in [3.8, 4) is 17.2 Å². The maximum absolute atomic E-state index is 14.0. The fourth-order valence-electron chi connectivity index (χ4n) is 7.81. The van der Waals surface area contributed by atoms with Crippen LogP contribution in [-0.2, 0) is 23.1 Å². The number of methoxy groups -OCH3 is 1. The number of allylic oxidation sites excluding steroid dienone is 4. The lowest BCUT2D eigenvalue weighted by molar-refractivity contribution is -0.117. The molecule has 0 saturated heterocycles. The Balaban J connectivity index is -0.000000173. The Morgan fingerprint density at radius 2 is 1.20 bits per heavy atom. The average molecular weight is 856 g/mol. The van der Waals surface area contributed by atoms with Crippen molar-refractivity contribution < 1.29 is 46.1 Å². The maximum atomic E-state index is 14.0. The van der Waals surface area contributed by atoms with E-state index in [4.69, 9.17) is 10.5 Å². The largest absolute Gasteiger partial charge is 0.511 e. The SMILES string of the molecule is C=C(N)C1=C(O)C2C(=O)c3c(c4c5c(c(OC)cc(O)c5c3O)[C@]3(C4)C(C)=CCC[C@@H]3C)CC2CC1=O.CC.CC.CC.CC.CC.CC.CC.CC.CC.CC.O.O.O. The normalized spacial score (nSPS) is 18.5. The number of aromatic hydroxyl groups is 2. The first kappa shape index (κ1) is 73.7. The number of carbonyl (C=O) groups is 2. The first-order valence-electron chi connectivity index (χ1n) is 22.8. The van der Waals surface area contributed by atoms with Gasteiger partial charge < -0.3 is 42.2 Å². The molecule has 2 unspecified atom stereocenters. The Bertz CT molecular complexity index is 1540. The molecule has 6 rings (SSSR count). The van der Waals surface area contributed by atoms with Crippen molar-refractivity contribution in [2.45, 2.75) is 190 Å². The van der Waals surface area contributed by atoms with Crippen molar-refractivity contribution in [2.75, 3.05) is 7.11 Å². The highest BCUT2D eigenvalue weighted by Crippen LogP contribution is 2.62. The van der Waals surface area contributed by atoms with Gasteiger partial charge in [-0.2, -0.15) is 0 Å². The van der Waals surface area contributed by atoms with Gasteiger partial charge in [0.2, 0.25) is 0 Å². The van der Waals surface area contributed by atoms with Crippen LogP contribution in [0.2, 0.25) is 0 Å². The molecule has 60 heavy (non-hydrogen) atoms. The highest BCUT2D eigenvalue weighted by molar-refractivity contribution is 6.15. The Kier molecular flexibility index (Phi) is 48.2. The second-order valence-electron chi connectivity index (χ2n) is 11.1. The number of Topliss-reactive ketones (excluding diaryl/α,β-unsaturated/α-hetero) is 2. The Morgan fingerprint density at radius 1 is 0.750 bits per heavy atom. The maximum Gasteiger partial charge on any atom is 0.177 e. The zero-order chi connectivity index (χ0) is 46.5. The summed E-state index contributed by atoms with van der Waals surface area (Å²) in [5.41, 5.74) is 9.06. The van der Waals surface area contributed by atoms with Gasteiger partial charge in [0, 0.05) is 34.5 Å². The molecular formula is C50H97NO9. The van der Waals surface area contributed by atoms with E-state index in [0.717, 1.165) is 29.4 Å². The van der Waals surface area contributed by atoms with Crippen molar-refractivity contribution in [3.63, 3.8) is 0 Å². The second-order valence-corrected chi connectivity index (χ2v) is 11.1. The molecule has 4 atom stereocenters. The molecule has 0 radical (unpaired) electrons. The Morgan fingerprint density at radius 3 is 1.60 bits per heavy atom. The molecule has 11 N–H and O–H groups in total. The molecule has 2 aromatic rings. The number of nitrogens with two attached hydrogens (primary N) is 1. The lowest BCUT2D eigenvalue weighted by Crippen LogP contribution is -2.40. The van der Waals surface area contributed by atoms with Crippen LogP contribution in [0.5, 0.6) is 17.2 Å². The standard InChI is InChI=1S/C30H31NO6.10C2H6.3H2O/c1-12-6-5-7-13(2)30(12)11-17-16-8-15-9-18(32)21(14(3)31)27(34)22(15)28(35)24(16)29(36)25-19(33)10-20(37-4)26(30)23(17)25;10*1-2;;;/h6,10,13,15,22,33-34,36H,3,5,7-9,11,31H2,1-2,4H3;10*1-2H3;3*1H2/t13-,15?,22?,30+;;;;;;;;;;;;;/m0............./s1. The number of ether oxygens (including phenoxy) is 1. The number of phenols is 2. The number of hydrogen-bond acceptors (Lipinski definition) is 7. The van der Waals surface area contributed by atoms with Crippen LogP contribution in [0.1, 0.15) is 199 Å². The monoisotopic (exact) mass is 856 g/mol. The number of aliphatic hydroxyl groups is 1. The third-order valence-electron chi connectivity index (χ3n) is 9.49. The van der Waals surface area contributed by atoms with E-state index in [2.05, 4.69) is 26.5 Å². The van der Waals surface area contributed by atoms with Gasteiger partial charge in [-0.15, -0.1) is 0 Å². The van der Waals surface area contributed by atoms with Crippen LogP contribution in [0, 0.1) is 17.8 Å². The quantitative estimate of drug-likeness (QED) is 0.214. The highest BCUT2D eigenvalue weighted by Gasteiger charge is 2.53. The summed E-state index contributed by atoms with van der Waals surface area (Å²) in [5, 5.41) is 34.6. The molecule has 0 bridgehead atoms. The third-order valence-corrected chi connectivity index (χ3v) is 9.49. The smallest absolute Gasteiger partial charge is 0.177 e. The molecule has 356 valence electrons. The molecule has 4 aliphatic carbocycles. The van der Waals surface area contributed by atoms with Gasteiger partial charge in [-0.1, -0.05) is 164 Å². The van der Waals surface area contributed by atoms with Gasteiger partial charge in [0.25, 0.3) is 0 Å². The molecule has 0 aliphatic heterocycles. The first-order chi connectivity index (χ1) is 27.5. The van der Waals surface area contributed by atoms with E-state index >= 15 is 0 Å². The fourth-order valence-corrected chi connectivity index (χ4v) is 7.81. The van der Waals surface area contributed by atoms with Gasteiger partial charge in [-0.3, -0.25) is 9.59 Å². The van der Waals surface area contributed by atoms with Gasteiger partial charge in [0.15, 0.2) is 11.6 Å². The summed E-state index contributed by atoms with van der Waals surface area (Å²) >= 11 is 0. The predicted octanol–water partition coefficient (Wildman–Crippen LogP) is 12.4. The Hall–Kier alpha value is -3.86. The van der Waals surface area contributed by atoms with Crippen LogP contribution in [-0.4, -0.2) is 50.4 Å². The molecule has 0 amide bonds. The molecular weight excluding hydrogens is 759 g/mol. The summed E-state index contributed by atoms with van der Waals surface area (Å²) in [7, 11) is 1.58. The number of carbonyl (C=O) groups excluding carboxylic acids is 2. The van der Waals surface area contributed by atoms with E-state index in [-0.39, 0.29) is 74.0 Å². The van der Waals surface area contributed by atoms with Crippen molar-refractivity contribution >= 4 is 22.3 Å². The number of fused-ring (bicyclic) bond motifs is 4. The minimum Gasteiger partial charge on any atom is -0.511 e. The van der Waals surface area contributed by atoms with Crippen LogP contribution >= 0.6 is 0 Å². The summed E-state index contributed by atoms with van der Waals surface area (Å²) in [6, 6.07) is 1.53. The summed E-state index contributed by atoms with van der Waals surface area (Å²) in [6.45, 7) is 47.9. The molecule has 0 aromatic heterocycles. The van der Waals surface area contributed by atoms with Crippen molar-refractivity contribution in [1.29, 1.82) is 0 Å². The van der Waals surface area contributed by atoms with Gasteiger partial charge >= 0.3 is 0 Å². The summed E-state index contributed by atoms with van der Waals surface area (Å²) in [5.74, 6) is -2.27. The summed E-state index contributed by atoms with van der Waals surface area (Å²) in [4.78, 5) is 26.8. The molecule has 10 heteroatoms. The molecule has 1 spiro atoms. The number of phenolic OH excluding ortho intramolecular Hbond substituents is 2. The van der Waals surface area contributed by atoms with E-state index in [0.29, 0.717) is 24.2 Å². The van der Waals surface area contributed by atoms with E-state index in [1.54, 1.807) is 7.11 Å². The van der Waals surface area contributed by atoms with Gasteiger partial charge in [0.1, 0.15) is 23.0 Å². The minimum atomic E-state index is -0.999. The van der Waals surface area contributed by atoms with E-state index in [9.17, 15) is 24.9 Å². The third kappa shape index (κ3) is 14.4. The van der Waals surface area contributed by atoms with Crippen LogP contribution in [0.15, 0.2) is 41.3 Å². The van der Waals surface area contributed by atoms with Gasteiger partial charge in [-0.25, -0.2) is 0 Å². The van der Waals surface area contributed by atoms with Crippen LogP contribution < -0.4 is 10.5 Å². The van der Waals surface area contributed by atoms with Crippen molar-refractivity contribution in [3.05, 3.63) is 63.6 Å². The first-order valence-corrected chi connectivity index (χ1v) is 22.8. The zero-order valence-corrected chi connectivity index (χ0v) is 42.8. The predicted molar refractivity (Wildman–Crippen MR) is 263 cm³/mol. The van der Waals surface area contributed by atoms with Crippen molar-refractivity contribution in [2.24, 2.45) is 23.5 Å². The van der Waals surface area contributed by atoms with Crippen LogP contribution in [0.3, 0.4) is 0 Å². The lowest BCUT2D eigenvalue weighted by Gasteiger charge is -2.42. The summed E-state index contributed by atoms with van der Waals surface area (Å²) < 4.78 is 5.80. The number of ketones is 2. The van der Waals surface area contributed by atoms with Crippen LogP contribution in [0.25, 0.3) is 10.8 Å².